The predicted molar refractivity (Wildman–Crippen MR) is 85.6 cm³/mol. The first kappa shape index (κ1) is 15.4. The fourth-order valence-corrected chi connectivity index (χ4v) is 3.09. The molecule has 1 N–H and O–H groups in total. The van der Waals surface area contributed by atoms with Gasteiger partial charge in [0.2, 0.25) is 0 Å². The molecule has 0 aliphatic heterocycles. The largest absolute Gasteiger partial charge is 0.496 e. The highest BCUT2D eigenvalue weighted by Gasteiger charge is 2.30. The van der Waals surface area contributed by atoms with Crippen molar-refractivity contribution in [3.05, 3.63) is 28.8 Å². The molecular weight excluding hydrogens is 246 g/mol. The maximum atomic E-state index is 5.58. The first-order valence-electron chi connectivity index (χ1n) is 8.03. The van der Waals surface area contributed by atoms with Crippen LogP contribution in [0.15, 0.2) is 12.1 Å². The molecule has 0 saturated heterocycles. The van der Waals surface area contributed by atoms with E-state index in [0.29, 0.717) is 6.04 Å². The van der Waals surface area contributed by atoms with Gasteiger partial charge in [0.25, 0.3) is 0 Å². The summed E-state index contributed by atoms with van der Waals surface area (Å²) in [5, 5.41) is 3.73. The molecule has 1 atom stereocenters. The van der Waals surface area contributed by atoms with Crippen LogP contribution >= 0.6 is 0 Å². The normalized spacial score (nSPS) is 16.2. The van der Waals surface area contributed by atoms with E-state index in [1.807, 2.05) is 0 Å². The Morgan fingerprint density at radius 1 is 1.30 bits per heavy atom. The van der Waals surface area contributed by atoms with Gasteiger partial charge in [0.15, 0.2) is 0 Å². The molecule has 1 unspecified atom stereocenters. The van der Waals surface area contributed by atoms with Gasteiger partial charge < -0.3 is 10.1 Å². The molecule has 1 fully saturated rings. The first-order chi connectivity index (χ1) is 9.65. The van der Waals surface area contributed by atoms with Gasteiger partial charge in [0.05, 0.1) is 7.11 Å². The van der Waals surface area contributed by atoms with E-state index >= 15 is 0 Å². The van der Waals surface area contributed by atoms with Crippen molar-refractivity contribution in [2.75, 3.05) is 13.7 Å². The smallest absolute Gasteiger partial charge is 0.122 e. The fourth-order valence-electron chi connectivity index (χ4n) is 3.09. The first-order valence-corrected chi connectivity index (χ1v) is 8.03. The van der Waals surface area contributed by atoms with Crippen LogP contribution in [0.4, 0.5) is 0 Å². The van der Waals surface area contributed by atoms with E-state index < -0.39 is 0 Å². The number of methoxy groups -OCH3 is 1. The highest BCUT2D eigenvalue weighted by atomic mass is 16.5. The number of aryl methyl sites for hydroxylation is 2. The molecule has 2 heteroatoms. The molecular formula is C18H29NO. The number of nitrogens with one attached hydrogen (secondary N) is 1. The van der Waals surface area contributed by atoms with Gasteiger partial charge in [-0.15, -0.1) is 0 Å². The number of rotatable bonds is 8. The third kappa shape index (κ3) is 3.99. The summed E-state index contributed by atoms with van der Waals surface area (Å²) >= 11 is 0. The van der Waals surface area contributed by atoms with Crippen molar-refractivity contribution in [1.29, 1.82) is 0 Å². The van der Waals surface area contributed by atoms with Crippen LogP contribution in [0, 0.1) is 19.8 Å². The van der Waals surface area contributed by atoms with Crippen molar-refractivity contribution in [2.24, 2.45) is 5.92 Å². The number of benzene rings is 1. The minimum Gasteiger partial charge on any atom is -0.496 e. The molecule has 112 valence electrons. The van der Waals surface area contributed by atoms with Crippen molar-refractivity contribution in [1.82, 2.24) is 5.32 Å². The molecule has 0 bridgehead atoms. The summed E-state index contributed by atoms with van der Waals surface area (Å²) in [5.74, 6) is 1.98. The second-order valence-electron chi connectivity index (χ2n) is 6.20. The Hall–Kier alpha value is -1.02. The van der Waals surface area contributed by atoms with E-state index in [4.69, 9.17) is 4.74 Å². The van der Waals surface area contributed by atoms with Crippen LogP contribution in [-0.4, -0.2) is 19.7 Å². The highest BCUT2D eigenvalue weighted by Crippen LogP contribution is 2.35. The van der Waals surface area contributed by atoms with Crippen LogP contribution in [0.2, 0.25) is 0 Å². The zero-order valence-electron chi connectivity index (χ0n) is 13.5. The van der Waals surface area contributed by atoms with E-state index in [2.05, 4.69) is 38.2 Å². The third-order valence-corrected chi connectivity index (χ3v) is 4.35. The standard InChI is InChI=1S/C18H29NO/c1-5-10-19-17(15-6-7-15)9-8-16-14(3)11-13(2)12-18(16)20-4/h11-12,15,17,19H,5-10H2,1-4H3. The lowest BCUT2D eigenvalue weighted by Crippen LogP contribution is -2.32. The summed E-state index contributed by atoms with van der Waals surface area (Å²) in [7, 11) is 1.78. The Labute approximate surface area is 123 Å². The number of hydrogen-bond acceptors (Lipinski definition) is 2. The van der Waals surface area contributed by atoms with Gasteiger partial charge in [-0.2, -0.15) is 0 Å². The summed E-state index contributed by atoms with van der Waals surface area (Å²) in [6.45, 7) is 7.72. The van der Waals surface area contributed by atoms with Gasteiger partial charge in [-0.05, 0) is 81.2 Å². The minimum absolute atomic E-state index is 0.695. The Balaban J connectivity index is 2.01. The Kier molecular flexibility index (Phi) is 5.47. The molecule has 1 aromatic carbocycles. The second-order valence-corrected chi connectivity index (χ2v) is 6.20. The Bertz CT molecular complexity index is 437. The van der Waals surface area contributed by atoms with Crippen LogP contribution in [0.5, 0.6) is 5.75 Å². The molecule has 0 spiro atoms. The van der Waals surface area contributed by atoms with Gasteiger partial charge in [0, 0.05) is 6.04 Å². The molecule has 0 aromatic heterocycles. The maximum absolute atomic E-state index is 5.58. The third-order valence-electron chi connectivity index (χ3n) is 4.35. The molecule has 0 radical (unpaired) electrons. The molecule has 1 aromatic rings. The van der Waals surface area contributed by atoms with Crippen molar-refractivity contribution in [3.63, 3.8) is 0 Å². The van der Waals surface area contributed by atoms with Gasteiger partial charge in [-0.25, -0.2) is 0 Å². The van der Waals surface area contributed by atoms with Crippen molar-refractivity contribution < 1.29 is 4.74 Å². The summed E-state index contributed by atoms with van der Waals surface area (Å²) in [5.41, 5.74) is 4.04. The van der Waals surface area contributed by atoms with E-state index in [1.54, 1.807) is 7.11 Å². The summed E-state index contributed by atoms with van der Waals surface area (Å²) < 4.78 is 5.58. The van der Waals surface area contributed by atoms with E-state index in [9.17, 15) is 0 Å². The lowest BCUT2D eigenvalue weighted by molar-refractivity contribution is 0.400. The molecule has 0 heterocycles. The minimum atomic E-state index is 0.695. The summed E-state index contributed by atoms with van der Waals surface area (Å²) in [4.78, 5) is 0. The lowest BCUT2D eigenvalue weighted by atomic mass is 9.96. The van der Waals surface area contributed by atoms with E-state index in [1.165, 1.54) is 42.4 Å². The highest BCUT2D eigenvalue weighted by molar-refractivity contribution is 5.43. The van der Waals surface area contributed by atoms with Crippen molar-refractivity contribution in [3.8, 4) is 5.75 Å². The molecule has 20 heavy (non-hydrogen) atoms. The fraction of sp³-hybridized carbons (Fsp3) is 0.667. The molecule has 1 saturated carbocycles. The molecule has 2 rings (SSSR count). The Morgan fingerprint density at radius 2 is 2.05 bits per heavy atom. The van der Waals surface area contributed by atoms with E-state index in [0.717, 1.165) is 24.6 Å². The number of ether oxygens (including phenoxy) is 1. The van der Waals surface area contributed by atoms with Crippen molar-refractivity contribution in [2.45, 2.75) is 58.9 Å². The van der Waals surface area contributed by atoms with E-state index in [-0.39, 0.29) is 0 Å². The van der Waals surface area contributed by atoms with Crippen LogP contribution in [0.1, 0.15) is 49.3 Å². The van der Waals surface area contributed by atoms with Gasteiger partial charge in [-0.3, -0.25) is 0 Å². The predicted octanol–water partition coefficient (Wildman–Crippen LogP) is 4.02. The average molecular weight is 275 g/mol. The second kappa shape index (κ2) is 7.12. The topological polar surface area (TPSA) is 21.3 Å². The lowest BCUT2D eigenvalue weighted by Gasteiger charge is -2.20. The quantitative estimate of drug-likeness (QED) is 0.773. The monoisotopic (exact) mass is 275 g/mol. The summed E-state index contributed by atoms with van der Waals surface area (Å²) in [6.07, 6.45) is 6.38. The van der Waals surface area contributed by atoms with Crippen LogP contribution in [0.3, 0.4) is 0 Å². The molecule has 0 amide bonds. The van der Waals surface area contributed by atoms with Crippen LogP contribution in [0.25, 0.3) is 0 Å². The zero-order valence-corrected chi connectivity index (χ0v) is 13.5. The average Bonchev–Trinajstić information content (AvgIpc) is 3.24. The van der Waals surface area contributed by atoms with Crippen LogP contribution in [-0.2, 0) is 6.42 Å². The SMILES string of the molecule is CCCNC(CCc1c(C)cc(C)cc1OC)C1CC1. The van der Waals surface area contributed by atoms with Gasteiger partial charge in [0.1, 0.15) is 5.75 Å². The molecule has 1 aliphatic rings. The van der Waals surface area contributed by atoms with Gasteiger partial charge in [-0.1, -0.05) is 13.0 Å². The molecule has 2 nitrogen and oxygen atoms in total. The Morgan fingerprint density at radius 3 is 2.65 bits per heavy atom. The zero-order chi connectivity index (χ0) is 14.5. The van der Waals surface area contributed by atoms with Gasteiger partial charge >= 0.3 is 0 Å². The summed E-state index contributed by atoms with van der Waals surface area (Å²) in [6, 6.07) is 5.12. The molecule has 1 aliphatic carbocycles. The van der Waals surface area contributed by atoms with Crippen molar-refractivity contribution >= 4 is 0 Å². The number of hydrogen-bond donors (Lipinski definition) is 1. The van der Waals surface area contributed by atoms with Crippen LogP contribution < -0.4 is 10.1 Å². The maximum Gasteiger partial charge on any atom is 0.122 e.